The third-order valence-electron chi connectivity index (χ3n) is 7.36. The number of benzene rings is 3. The molecule has 0 bridgehead atoms. The van der Waals surface area contributed by atoms with Crippen molar-refractivity contribution in [2.75, 3.05) is 36.6 Å². The van der Waals surface area contributed by atoms with Crippen molar-refractivity contribution in [1.29, 1.82) is 0 Å². The van der Waals surface area contributed by atoms with Crippen LogP contribution in [0.2, 0.25) is 10.0 Å². The number of sulfonamides is 1. The number of halogens is 2. The normalized spacial score (nSPS) is 14.2. The molecule has 1 aliphatic rings. The molecule has 12 heteroatoms. The van der Waals surface area contributed by atoms with E-state index in [4.69, 9.17) is 28.9 Å². The summed E-state index contributed by atoms with van der Waals surface area (Å²) >= 11 is 12.1. The molecule has 1 fully saturated rings. The van der Waals surface area contributed by atoms with Gasteiger partial charge in [0.25, 0.3) is 5.91 Å². The van der Waals surface area contributed by atoms with Gasteiger partial charge in [0, 0.05) is 18.7 Å². The molecule has 1 aliphatic heterocycles. The van der Waals surface area contributed by atoms with E-state index >= 15 is 0 Å². The lowest BCUT2D eigenvalue weighted by molar-refractivity contribution is -0.661. The van der Waals surface area contributed by atoms with E-state index in [0.29, 0.717) is 40.1 Å². The Hall–Kier alpha value is -3.15. The number of quaternary nitrogens is 1. The lowest BCUT2D eigenvalue weighted by Gasteiger charge is -2.16. The van der Waals surface area contributed by atoms with Gasteiger partial charge in [0.1, 0.15) is 19.3 Å². The largest absolute Gasteiger partial charge is 0.396 e. The zero-order chi connectivity index (χ0) is 31.0. The highest BCUT2D eigenvalue weighted by molar-refractivity contribution is 7.92. The minimum Gasteiger partial charge on any atom is -0.396 e. The Morgan fingerprint density at radius 2 is 1.79 bits per heavy atom. The molecule has 1 unspecified atom stereocenters. The number of aliphatic hydroxyl groups excluding tert-OH is 1. The second kappa shape index (κ2) is 15.0. The summed E-state index contributed by atoms with van der Waals surface area (Å²) < 4.78 is 30.5. The quantitative estimate of drug-likeness (QED) is 0.0923. The van der Waals surface area contributed by atoms with Crippen LogP contribution < -0.4 is 25.7 Å². The molecule has 1 saturated heterocycles. The van der Waals surface area contributed by atoms with Gasteiger partial charge in [-0.25, -0.2) is 8.42 Å². The summed E-state index contributed by atoms with van der Waals surface area (Å²) in [4.78, 5) is 14.3. The van der Waals surface area contributed by atoms with Crippen LogP contribution in [0.5, 0.6) is 0 Å². The van der Waals surface area contributed by atoms with Crippen LogP contribution in [0.3, 0.4) is 0 Å². The first-order chi connectivity index (χ1) is 20.6. The molecule has 0 aliphatic carbocycles. The number of hydrogen-bond acceptors (Lipinski definition) is 5. The number of nitrogens with one attached hydrogen (secondary N) is 1. The predicted octanol–water partition coefficient (Wildman–Crippen LogP) is 3.25. The number of carbonyl (C=O) groups excluding carboxylic acids is 1. The molecular formula is C31H39Cl2N5O4S. The highest BCUT2D eigenvalue weighted by Crippen LogP contribution is 2.30. The topological polar surface area (TPSA) is 132 Å². The Bertz CT molecular complexity index is 1550. The number of nitrogens with two attached hydrogens (primary N) is 2. The first-order valence-electron chi connectivity index (χ1n) is 14.4. The van der Waals surface area contributed by atoms with E-state index in [1.165, 1.54) is 0 Å². The average Bonchev–Trinajstić information content (AvgIpc) is 3.36. The standard InChI is InChI=1S/C31H38Cl2N5O4S/c1-2-3-4-5-16-37-21-38(20-30(37)40)25-10-12-26(13-11-25)43(41,42)36-24-8-6-22(7-9-24)14-15-35-19-29(39)23-17-27(32)31(34)28(33)18-23/h6-13,17-18,21,29,35-36,39H,2-5,14-16,19-20,34H2,1H3/q-1/p+1. The van der Waals surface area contributed by atoms with E-state index in [1.807, 2.05) is 28.7 Å². The van der Waals surface area contributed by atoms with Crippen LogP contribution in [0.4, 0.5) is 11.4 Å². The number of unbranched alkanes of at least 4 members (excludes halogenated alkanes) is 3. The molecule has 0 spiro atoms. The third-order valence-corrected chi connectivity index (χ3v) is 9.38. The number of anilines is 2. The van der Waals surface area contributed by atoms with Crippen molar-refractivity contribution >= 4 is 50.5 Å². The van der Waals surface area contributed by atoms with Gasteiger partial charge >= 0.3 is 0 Å². The molecule has 9 nitrogen and oxygen atoms in total. The number of aliphatic hydroxyl groups is 1. The van der Waals surface area contributed by atoms with Crippen LogP contribution in [0.25, 0.3) is 0 Å². The van der Waals surface area contributed by atoms with Crippen molar-refractivity contribution in [3.8, 4) is 0 Å². The van der Waals surface area contributed by atoms with E-state index < -0.39 is 16.1 Å². The summed E-state index contributed by atoms with van der Waals surface area (Å²) in [5.41, 5.74) is 8.15. The van der Waals surface area contributed by atoms with Crippen LogP contribution in [-0.4, -0.2) is 50.5 Å². The second-order valence-corrected chi connectivity index (χ2v) is 13.2. The fourth-order valence-electron chi connectivity index (χ4n) is 4.81. The third kappa shape index (κ3) is 8.93. The smallest absolute Gasteiger partial charge is 0.277 e. The average molecular weight is 649 g/mol. The maximum atomic E-state index is 13.0. The Balaban J connectivity index is 1.27. The maximum absolute atomic E-state index is 13.0. The summed E-state index contributed by atoms with van der Waals surface area (Å²) in [6.07, 6.45) is 4.35. The predicted molar refractivity (Wildman–Crippen MR) is 171 cm³/mol. The highest BCUT2D eigenvalue weighted by atomic mass is 35.5. The minimum absolute atomic E-state index is 0.0441. The molecule has 1 amide bonds. The Morgan fingerprint density at radius 3 is 2.44 bits per heavy atom. The van der Waals surface area contributed by atoms with Gasteiger partial charge in [0.15, 0.2) is 6.54 Å². The first kappa shape index (κ1) is 32.8. The number of carbonyl (C=O) groups is 1. The van der Waals surface area contributed by atoms with E-state index in [0.717, 1.165) is 49.6 Å². The van der Waals surface area contributed by atoms with E-state index in [1.54, 1.807) is 53.4 Å². The Kier molecular flexibility index (Phi) is 11.5. The summed E-state index contributed by atoms with van der Waals surface area (Å²) in [6, 6.07) is 17.0. The number of nitrogen functional groups attached to an aromatic ring is 1. The molecule has 0 aromatic heterocycles. The van der Waals surface area contributed by atoms with Gasteiger partial charge < -0.3 is 25.6 Å². The van der Waals surface area contributed by atoms with Crippen molar-refractivity contribution in [1.82, 2.24) is 9.48 Å². The van der Waals surface area contributed by atoms with Gasteiger partial charge in [-0.15, -0.1) is 0 Å². The van der Waals surface area contributed by atoms with E-state index in [-0.39, 0.29) is 17.3 Å². The highest BCUT2D eigenvalue weighted by Gasteiger charge is 2.23. The molecule has 43 heavy (non-hydrogen) atoms. The van der Waals surface area contributed by atoms with Crippen molar-refractivity contribution in [3.05, 3.63) is 93.9 Å². The zero-order valence-corrected chi connectivity index (χ0v) is 26.5. The van der Waals surface area contributed by atoms with Crippen molar-refractivity contribution in [3.63, 3.8) is 0 Å². The maximum Gasteiger partial charge on any atom is 0.277 e. The molecule has 0 radical (unpaired) electrons. The zero-order valence-electron chi connectivity index (χ0n) is 24.2. The lowest BCUT2D eigenvalue weighted by atomic mass is 10.1. The monoisotopic (exact) mass is 647 g/mol. The molecule has 1 heterocycles. The molecule has 232 valence electrons. The van der Waals surface area contributed by atoms with Crippen molar-refractivity contribution in [2.45, 2.75) is 50.0 Å². The molecular weight excluding hydrogens is 609 g/mol. The molecule has 3 aromatic rings. The summed E-state index contributed by atoms with van der Waals surface area (Å²) in [5.74, 6) is 0.0441. The Morgan fingerprint density at radius 1 is 1.12 bits per heavy atom. The first-order valence-corrected chi connectivity index (χ1v) is 16.7. The minimum atomic E-state index is -3.79. The van der Waals surface area contributed by atoms with Crippen LogP contribution in [0.15, 0.2) is 65.6 Å². The van der Waals surface area contributed by atoms with Crippen LogP contribution in [0, 0.1) is 6.67 Å². The van der Waals surface area contributed by atoms with Crippen molar-refractivity contribution in [2.24, 2.45) is 0 Å². The van der Waals surface area contributed by atoms with E-state index in [9.17, 15) is 18.3 Å². The van der Waals surface area contributed by atoms with E-state index in [2.05, 4.69) is 11.6 Å². The number of amides is 1. The summed E-state index contributed by atoms with van der Waals surface area (Å²) in [6.45, 7) is 6.06. The van der Waals surface area contributed by atoms with Gasteiger partial charge in [-0.05, 0) is 52.1 Å². The number of hydrogen-bond donors (Lipinski definition) is 4. The van der Waals surface area contributed by atoms with Gasteiger partial charge in [-0.2, -0.15) is 24.3 Å². The molecule has 1 atom stereocenters. The lowest BCUT2D eigenvalue weighted by Crippen LogP contribution is -2.85. The van der Waals surface area contributed by atoms with Gasteiger partial charge in [0.05, 0.1) is 22.3 Å². The van der Waals surface area contributed by atoms with Crippen LogP contribution in [0.1, 0.15) is 49.8 Å². The second-order valence-electron chi connectivity index (χ2n) is 10.7. The summed E-state index contributed by atoms with van der Waals surface area (Å²) in [7, 11) is -3.79. The summed E-state index contributed by atoms with van der Waals surface area (Å²) in [5, 5.41) is 13.8. The molecule has 4 rings (SSSR count). The fraction of sp³-hybridized carbons (Fsp3) is 0.355. The van der Waals surface area contributed by atoms with Crippen LogP contribution >= 0.6 is 23.2 Å². The molecule has 6 N–H and O–H groups in total. The van der Waals surface area contributed by atoms with Crippen LogP contribution in [-0.2, 0) is 21.2 Å². The molecule has 0 saturated carbocycles. The van der Waals surface area contributed by atoms with Crippen molar-refractivity contribution < 1.29 is 23.6 Å². The van der Waals surface area contributed by atoms with Gasteiger partial charge in [-0.1, -0.05) is 61.5 Å². The van der Waals surface area contributed by atoms with Gasteiger partial charge in [0.2, 0.25) is 10.0 Å². The SMILES string of the molecule is CCCCCCN1[CH-][N+](=c2cc[c-](S(=O)(=O)Nc3ccc(CC[NH2+]CC(O)c4cc(Cl)c(N)c(Cl)c4)cc3)cc2)CC1=O. The van der Waals surface area contributed by atoms with Gasteiger partial charge in [-0.3, -0.25) is 9.52 Å². The fourth-order valence-corrected chi connectivity index (χ4v) is 6.37. The Labute approximate surface area is 263 Å². The number of nitrogens with zero attached hydrogens (tertiary/aromatic N) is 2. The molecule has 3 aromatic carbocycles. The number of rotatable bonds is 14.